The summed E-state index contributed by atoms with van der Waals surface area (Å²) < 4.78 is 5.67. The van der Waals surface area contributed by atoms with E-state index in [1.807, 2.05) is 11.0 Å². The molecule has 1 aromatic carbocycles. The minimum Gasteiger partial charge on any atom is -0.479 e. The van der Waals surface area contributed by atoms with Gasteiger partial charge in [-0.05, 0) is 32.0 Å². The number of carbonyl (C=O) groups is 1. The number of benzene rings is 1. The second kappa shape index (κ2) is 7.48. The second-order valence-electron chi connectivity index (χ2n) is 5.45. The van der Waals surface area contributed by atoms with Gasteiger partial charge in [0, 0.05) is 0 Å². The molecular formula is C16H21ClN3O2+. The molecule has 0 aromatic heterocycles. The maximum absolute atomic E-state index is 12.4. The van der Waals surface area contributed by atoms with E-state index < -0.39 is 6.10 Å². The van der Waals surface area contributed by atoms with Crippen LogP contribution >= 0.6 is 11.6 Å². The number of quaternary nitrogens is 1. The van der Waals surface area contributed by atoms with Crippen molar-refractivity contribution in [3.05, 3.63) is 28.8 Å². The van der Waals surface area contributed by atoms with E-state index in [9.17, 15) is 4.79 Å². The predicted octanol–water partition coefficient (Wildman–Crippen LogP) is 0.726. The van der Waals surface area contributed by atoms with E-state index in [0.717, 1.165) is 32.7 Å². The van der Waals surface area contributed by atoms with Crippen LogP contribution in [0.2, 0.25) is 5.02 Å². The lowest BCUT2D eigenvalue weighted by Gasteiger charge is -2.33. The average molecular weight is 323 g/mol. The van der Waals surface area contributed by atoms with Gasteiger partial charge in [0.15, 0.2) is 6.10 Å². The Bertz CT molecular complexity index is 577. The van der Waals surface area contributed by atoms with Crippen LogP contribution in [0.5, 0.6) is 5.75 Å². The molecule has 1 aliphatic heterocycles. The Morgan fingerprint density at radius 1 is 1.50 bits per heavy atom. The molecule has 0 radical (unpaired) electrons. The first kappa shape index (κ1) is 16.6. The molecule has 1 aliphatic rings. The molecule has 1 heterocycles. The molecule has 1 saturated heterocycles. The number of hydrogen-bond acceptors (Lipinski definition) is 3. The number of carbonyl (C=O) groups excluding carboxylic acids is 1. The maximum atomic E-state index is 12.4. The highest BCUT2D eigenvalue weighted by Gasteiger charge is 2.27. The largest absolute Gasteiger partial charge is 0.479 e. The van der Waals surface area contributed by atoms with E-state index in [0.29, 0.717) is 16.3 Å². The Morgan fingerprint density at radius 3 is 2.73 bits per heavy atom. The van der Waals surface area contributed by atoms with E-state index in [1.165, 1.54) is 11.0 Å². The summed E-state index contributed by atoms with van der Waals surface area (Å²) in [6, 6.07) is 6.81. The van der Waals surface area contributed by atoms with Crippen LogP contribution < -0.4 is 9.64 Å². The van der Waals surface area contributed by atoms with E-state index >= 15 is 0 Å². The summed E-state index contributed by atoms with van der Waals surface area (Å²) in [6.07, 6.45) is -0.589. The first-order valence-corrected chi connectivity index (χ1v) is 7.91. The Balaban J connectivity index is 1.96. The van der Waals surface area contributed by atoms with Crippen molar-refractivity contribution >= 4 is 17.5 Å². The molecule has 0 bridgehead atoms. The lowest BCUT2D eigenvalue weighted by molar-refractivity contribution is -0.902. The van der Waals surface area contributed by atoms with Crippen LogP contribution in [-0.2, 0) is 4.79 Å². The quantitative estimate of drug-likeness (QED) is 0.889. The summed E-state index contributed by atoms with van der Waals surface area (Å²) in [7, 11) is 0. The van der Waals surface area contributed by atoms with Gasteiger partial charge in [-0.15, -0.1) is 0 Å². The molecule has 0 saturated carbocycles. The summed E-state index contributed by atoms with van der Waals surface area (Å²) in [5.74, 6) is 0.412. The third kappa shape index (κ3) is 3.90. The minimum absolute atomic E-state index is 0.0180. The van der Waals surface area contributed by atoms with Crippen LogP contribution in [0.25, 0.3) is 0 Å². The molecule has 1 fully saturated rings. The third-order valence-electron chi connectivity index (χ3n) is 3.99. The second-order valence-corrected chi connectivity index (χ2v) is 5.85. The number of piperazine rings is 1. The highest BCUT2D eigenvalue weighted by Crippen LogP contribution is 2.26. The fourth-order valence-corrected chi connectivity index (χ4v) is 2.79. The van der Waals surface area contributed by atoms with Crippen molar-refractivity contribution in [2.45, 2.75) is 20.0 Å². The van der Waals surface area contributed by atoms with Crippen molar-refractivity contribution in [2.24, 2.45) is 0 Å². The Morgan fingerprint density at radius 2 is 2.18 bits per heavy atom. The first-order chi connectivity index (χ1) is 10.5. The number of amides is 1. The van der Waals surface area contributed by atoms with Gasteiger partial charge in [0.1, 0.15) is 5.75 Å². The van der Waals surface area contributed by atoms with E-state index in [1.54, 1.807) is 19.1 Å². The topological polar surface area (TPSA) is 57.8 Å². The zero-order valence-corrected chi connectivity index (χ0v) is 13.7. The van der Waals surface area contributed by atoms with Crippen molar-refractivity contribution in [1.29, 1.82) is 5.26 Å². The van der Waals surface area contributed by atoms with Crippen molar-refractivity contribution in [1.82, 2.24) is 4.90 Å². The monoisotopic (exact) mass is 322 g/mol. The zero-order valence-electron chi connectivity index (χ0n) is 12.9. The Hall–Kier alpha value is -1.77. The summed E-state index contributed by atoms with van der Waals surface area (Å²) in [4.78, 5) is 15.8. The van der Waals surface area contributed by atoms with Gasteiger partial charge in [0.2, 0.25) is 0 Å². The lowest BCUT2D eigenvalue weighted by atomic mass is 10.2. The standard InChI is InChI=1S/C16H20ClN3O2/c1-3-19-6-8-20(9-7-19)16(21)12(2)22-15-5-4-13(11-18)10-14(15)17/h4-5,10,12H,3,6-9H2,1-2H3/p+1/t12-/m1/s1. The van der Waals surface area contributed by atoms with Crippen LogP contribution in [0.3, 0.4) is 0 Å². The van der Waals surface area contributed by atoms with Crippen molar-refractivity contribution in [3.8, 4) is 11.8 Å². The number of ether oxygens (including phenoxy) is 1. The summed E-state index contributed by atoms with van der Waals surface area (Å²) >= 11 is 6.08. The molecule has 22 heavy (non-hydrogen) atoms. The summed E-state index contributed by atoms with van der Waals surface area (Å²) in [5.41, 5.74) is 0.468. The average Bonchev–Trinajstić information content (AvgIpc) is 2.56. The molecule has 1 N–H and O–H groups in total. The summed E-state index contributed by atoms with van der Waals surface area (Å²) in [6.45, 7) is 8.46. The third-order valence-corrected chi connectivity index (χ3v) is 4.29. The number of nitriles is 1. The van der Waals surface area contributed by atoms with E-state index in [4.69, 9.17) is 21.6 Å². The smallest absolute Gasteiger partial charge is 0.263 e. The van der Waals surface area contributed by atoms with E-state index in [2.05, 4.69) is 6.92 Å². The predicted molar refractivity (Wildman–Crippen MR) is 84.1 cm³/mol. The van der Waals surface area contributed by atoms with Gasteiger partial charge >= 0.3 is 0 Å². The van der Waals surface area contributed by atoms with Crippen LogP contribution in [0, 0.1) is 11.3 Å². The molecule has 6 heteroatoms. The number of rotatable bonds is 4. The zero-order chi connectivity index (χ0) is 16.1. The van der Waals surface area contributed by atoms with E-state index in [-0.39, 0.29) is 5.91 Å². The molecule has 2 rings (SSSR count). The van der Waals surface area contributed by atoms with Crippen LogP contribution in [-0.4, -0.2) is 49.6 Å². The lowest BCUT2D eigenvalue weighted by Crippen LogP contribution is -3.14. The van der Waals surface area contributed by atoms with Gasteiger partial charge in [0.25, 0.3) is 5.91 Å². The normalized spacial score (nSPS) is 16.9. The van der Waals surface area contributed by atoms with Crippen LogP contribution in [0.4, 0.5) is 0 Å². The first-order valence-electron chi connectivity index (χ1n) is 7.53. The van der Waals surface area contributed by atoms with Crippen LogP contribution in [0.15, 0.2) is 18.2 Å². The van der Waals surface area contributed by atoms with Gasteiger partial charge in [-0.2, -0.15) is 5.26 Å². The molecule has 1 aromatic rings. The highest BCUT2D eigenvalue weighted by atomic mass is 35.5. The molecule has 1 amide bonds. The highest BCUT2D eigenvalue weighted by molar-refractivity contribution is 6.32. The Labute approximate surface area is 136 Å². The Kier molecular flexibility index (Phi) is 5.64. The fourth-order valence-electron chi connectivity index (χ4n) is 2.56. The van der Waals surface area contributed by atoms with Crippen molar-refractivity contribution < 1.29 is 14.4 Å². The van der Waals surface area contributed by atoms with Crippen molar-refractivity contribution in [2.75, 3.05) is 32.7 Å². The molecule has 1 atom stereocenters. The van der Waals surface area contributed by atoms with Gasteiger partial charge < -0.3 is 14.5 Å². The molecular weight excluding hydrogens is 302 g/mol. The van der Waals surface area contributed by atoms with Crippen molar-refractivity contribution in [3.63, 3.8) is 0 Å². The van der Waals surface area contributed by atoms with Gasteiger partial charge in [-0.3, -0.25) is 4.79 Å². The number of hydrogen-bond donors (Lipinski definition) is 1. The minimum atomic E-state index is -0.589. The van der Waals surface area contributed by atoms with Gasteiger partial charge in [0.05, 0.1) is 49.4 Å². The number of nitrogens with zero attached hydrogens (tertiary/aromatic N) is 2. The van der Waals surface area contributed by atoms with Crippen LogP contribution in [0.1, 0.15) is 19.4 Å². The maximum Gasteiger partial charge on any atom is 0.263 e. The summed E-state index contributed by atoms with van der Waals surface area (Å²) in [5, 5.41) is 9.17. The SMILES string of the molecule is CC[NH+]1CCN(C(=O)[C@@H](C)Oc2ccc(C#N)cc2Cl)CC1. The molecule has 118 valence electrons. The molecule has 5 nitrogen and oxygen atoms in total. The molecule has 0 unspecified atom stereocenters. The fraction of sp³-hybridized carbons (Fsp3) is 0.500. The number of nitrogens with one attached hydrogen (secondary N) is 1. The molecule has 0 spiro atoms. The number of halogens is 1. The van der Waals surface area contributed by atoms with Gasteiger partial charge in [-0.1, -0.05) is 11.6 Å². The molecule has 0 aliphatic carbocycles. The van der Waals surface area contributed by atoms with Gasteiger partial charge in [-0.25, -0.2) is 0 Å². The number of likely N-dealkylation sites (N-methyl/N-ethyl adjacent to an activating group) is 1.